The highest BCUT2D eigenvalue weighted by Crippen LogP contribution is 2.20. The standard InChI is InChI=1S/C16H14O4/c1-11-7-9-13(10-8-11)20-16(19)14(15(17)18)12-5-3-2-4-6-12/h2-10,14H,1H3,(H,17,18). The number of benzene rings is 2. The van der Waals surface area contributed by atoms with Gasteiger partial charge in [0.2, 0.25) is 0 Å². The number of rotatable bonds is 4. The smallest absolute Gasteiger partial charge is 0.330 e. The molecule has 2 aromatic rings. The number of carboxylic acid groups (broad SMARTS) is 1. The summed E-state index contributed by atoms with van der Waals surface area (Å²) in [4.78, 5) is 23.3. The van der Waals surface area contributed by atoms with Crippen molar-refractivity contribution in [2.75, 3.05) is 0 Å². The van der Waals surface area contributed by atoms with E-state index in [-0.39, 0.29) is 0 Å². The van der Waals surface area contributed by atoms with Crippen LogP contribution in [-0.4, -0.2) is 17.0 Å². The highest BCUT2D eigenvalue weighted by atomic mass is 16.5. The molecule has 0 aliphatic heterocycles. The first-order chi connectivity index (χ1) is 9.58. The quantitative estimate of drug-likeness (QED) is 0.527. The van der Waals surface area contributed by atoms with Crippen LogP contribution >= 0.6 is 0 Å². The molecular formula is C16H14O4. The van der Waals surface area contributed by atoms with Crippen molar-refractivity contribution in [3.05, 3.63) is 65.7 Å². The van der Waals surface area contributed by atoms with E-state index in [4.69, 9.17) is 4.74 Å². The Bertz CT molecular complexity index is 602. The molecule has 2 aromatic carbocycles. The van der Waals surface area contributed by atoms with Crippen LogP contribution in [0.2, 0.25) is 0 Å². The monoisotopic (exact) mass is 270 g/mol. The van der Waals surface area contributed by atoms with Gasteiger partial charge in [0.25, 0.3) is 0 Å². The lowest BCUT2D eigenvalue weighted by Crippen LogP contribution is -2.25. The average Bonchev–Trinajstić information content (AvgIpc) is 2.42. The third kappa shape index (κ3) is 3.23. The fourth-order valence-corrected chi connectivity index (χ4v) is 1.81. The number of carbonyl (C=O) groups is 2. The third-order valence-electron chi connectivity index (χ3n) is 2.85. The Morgan fingerprint density at radius 2 is 1.60 bits per heavy atom. The predicted octanol–water partition coefficient (Wildman–Crippen LogP) is 2.77. The molecule has 0 amide bonds. The summed E-state index contributed by atoms with van der Waals surface area (Å²) in [7, 11) is 0. The zero-order chi connectivity index (χ0) is 14.5. The lowest BCUT2D eigenvalue weighted by atomic mass is 10.00. The maximum absolute atomic E-state index is 12.0. The summed E-state index contributed by atoms with van der Waals surface area (Å²) in [5, 5.41) is 9.22. The molecule has 0 bridgehead atoms. The van der Waals surface area contributed by atoms with E-state index in [1.165, 1.54) is 0 Å². The SMILES string of the molecule is Cc1ccc(OC(=O)C(C(=O)O)c2ccccc2)cc1. The van der Waals surface area contributed by atoms with Crippen LogP contribution in [0.25, 0.3) is 0 Å². The molecule has 0 saturated heterocycles. The molecule has 0 heterocycles. The van der Waals surface area contributed by atoms with Gasteiger partial charge in [-0.05, 0) is 24.6 Å². The number of carboxylic acids is 1. The van der Waals surface area contributed by atoms with E-state index in [1.807, 2.05) is 6.92 Å². The first kappa shape index (κ1) is 13.8. The van der Waals surface area contributed by atoms with Gasteiger partial charge in [-0.3, -0.25) is 9.59 Å². The molecule has 0 aliphatic rings. The minimum atomic E-state index is -1.32. The molecule has 0 spiro atoms. The topological polar surface area (TPSA) is 63.6 Å². The molecule has 102 valence electrons. The molecule has 20 heavy (non-hydrogen) atoms. The second-order valence-corrected chi connectivity index (χ2v) is 4.42. The van der Waals surface area contributed by atoms with Crippen LogP contribution in [0, 0.1) is 6.92 Å². The predicted molar refractivity (Wildman–Crippen MR) is 73.6 cm³/mol. The van der Waals surface area contributed by atoms with Gasteiger partial charge in [0, 0.05) is 0 Å². The van der Waals surface area contributed by atoms with E-state index in [2.05, 4.69) is 0 Å². The zero-order valence-electron chi connectivity index (χ0n) is 10.9. The number of carbonyl (C=O) groups excluding carboxylic acids is 1. The summed E-state index contributed by atoms with van der Waals surface area (Å²) in [6.07, 6.45) is 0. The van der Waals surface area contributed by atoms with Crippen LogP contribution in [0.3, 0.4) is 0 Å². The fourth-order valence-electron chi connectivity index (χ4n) is 1.81. The Labute approximate surface area is 116 Å². The number of esters is 1. The highest BCUT2D eigenvalue weighted by Gasteiger charge is 2.30. The Kier molecular flexibility index (Phi) is 4.15. The molecule has 4 nitrogen and oxygen atoms in total. The van der Waals surface area contributed by atoms with Crippen LogP contribution in [-0.2, 0) is 9.59 Å². The lowest BCUT2D eigenvalue weighted by Gasteiger charge is -2.12. The van der Waals surface area contributed by atoms with E-state index < -0.39 is 17.9 Å². The van der Waals surface area contributed by atoms with Crippen molar-refractivity contribution in [3.8, 4) is 5.75 Å². The van der Waals surface area contributed by atoms with Gasteiger partial charge in [0.15, 0.2) is 5.92 Å². The number of ether oxygens (including phenoxy) is 1. The van der Waals surface area contributed by atoms with Crippen molar-refractivity contribution >= 4 is 11.9 Å². The van der Waals surface area contributed by atoms with Crippen molar-refractivity contribution in [1.29, 1.82) is 0 Å². The molecule has 1 N–H and O–H groups in total. The van der Waals surface area contributed by atoms with Crippen molar-refractivity contribution in [2.45, 2.75) is 12.8 Å². The fraction of sp³-hybridized carbons (Fsp3) is 0.125. The van der Waals surface area contributed by atoms with Gasteiger partial charge in [-0.2, -0.15) is 0 Å². The van der Waals surface area contributed by atoms with E-state index in [9.17, 15) is 14.7 Å². The summed E-state index contributed by atoms with van der Waals surface area (Å²) in [6, 6.07) is 15.2. The molecule has 1 atom stereocenters. The molecule has 4 heteroatoms. The highest BCUT2D eigenvalue weighted by molar-refractivity contribution is 6.00. The summed E-state index contributed by atoms with van der Waals surface area (Å²) in [5.41, 5.74) is 1.43. The van der Waals surface area contributed by atoms with Gasteiger partial charge in [-0.25, -0.2) is 0 Å². The Morgan fingerprint density at radius 3 is 2.15 bits per heavy atom. The van der Waals surface area contributed by atoms with Crippen LogP contribution in [0.5, 0.6) is 5.75 Å². The van der Waals surface area contributed by atoms with Gasteiger partial charge in [0.1, 0.15) is 5.75 Å². The number of hydrogen-bond donors (Lipinski definition) is 1. The molecule has 0 aliphatic carbocycles. The van der Waals surface area contributed by atoms with E-state index >= 15 is 0 Å². The normalized spacial score (nSPS) is 11.7. The summed E-state index contributed by atoms with van der Waals surface area (Å²) < 4.78 is 5.13. The first-order valence-electron chi connectivity index (χ1n) is 6.14. The van der Waals surface area contributed by atoms with E-state index in [0.717, 1.165) is 5.56 Å². The minimum Gasteiger partial charge on any atom is -0.480 e. The summed E-state index contributed by atoms with van der Waals surface area (Å²) >= 11 is 0. The Hall–Kier alpha value is -2.62. The Balaban J connectivity index is 2.20. The van der Waals surface area contributed by atoms with Crippen LogP contribution in [0.4, 0.5) is 0 Å². The molecule has 0 saturated carbocycles. The second kappa shape index (κ2) is 6.02. The lowest BCUT2D eigenvalue weighted by molar-refractivity contribution is -0.148. The Morgan fingerprint density at radius 1 is 1.00 bits per heavy atom. The minimum absolute atomic E-state index is 0.336. The van der Waals surface area contributed by atoms with E-state index in [1.54, 1.807) is 54.6 Å². The van der Waals surface area contributed by atoms with Crippen molar-refractivity contribution < 1.29 is 19.4 Å². The van der Waals surface area contributed by atoms with Gasteiger partial charge in [0.05, 0.1) is 0 Å². The van der Waals surface area contributed by atoms with Crippen LogP contribution < -0.4 is 4.74 Å². The van der Waals surface area contributed by atoms with Gasteiger partial charge < -0.3 is 9.84 Å². The van der Waals surface area contributed by atoms with Gasteiger partial charge >= 0.3 is 11.9 Å². The summed E-state index contributed by atoms with van der Waals surface area (Å²) in [6.45, 7) is 1.91. The van der Waals surface area contributed by atoms with Gasteiger partial charge in [-0.1, -0.05) is 48.0 Å². The average molecular weight is 270 g/mol. The number of hydrogen-bond acceptors (Lipinski definition) is 3. The van der Waals surface area contributed by atoms with E-state index in [0.29, 0.717) is 11.3 Å². The van der Waals surface area contributed by atoms with Crippen molar-refractivity contribution in [3.63, 3.8) is 0 Å². The van der Waals surface area contributed by atoms with Crippen molar-refractivity contribution in [1.82, 2.24) is 0 Å². The maximum atomic E-state index is 12.0. The van der Waals surface area contributed by atoms with Crippen LogP contribution in [0.15, 0.2) is 54.6 Å². The molecule has 2 rings (SSSR count). The van der Waals surface area contributed by atoms with Gasteiger partial charge in [-0.15, -0.1) is 0 Å². The molecular weight excluding hydrogens is 256 g/mol. The first-order valence-corrected chi connectivity index (χ1v) is 6.14. The maximum Gasteiger partial charge on any atom is 0.330 e. The molecule has 0 fully saturated rings. The number of aryl methyl sites for hydroxylation is 1. The largest absolute Gasteiger partial charge is 0.480 e. The molecule has 1 unspecified atom stereocenters. The van der Waals surface area contributed by atoms with Crippen molar-refractivity contribution in [2.24, 2.45) is 0 Å². The van der Waals surface area contributed by atoms with Crippen LogP contribution in [0.1, 0.15) is 17.0 Å². The molecule has 0 aromatic heterocycles. The number of aliphatic carboxylic acids is 1. The summed E-state index contributed by atoms with van der Waals surface area (Å²) in [5.74, 6) is -3.01. The second-order valence-electron chi connectivity index (χ2n) is 4.42. The zero-order valence-corrected chi connectivity index (χ0v) is 10.9. The molecule has 0 radical (unpaired) electrons. The third-order valence-corrected chi connectivity index (χ3v) is 2.85.